The highest BCUT2D eigenvalue weighted by Crippen LogP contribution is 2.25. The Labute approximate surface area is 163 Å². The Morgan fingerprint density at radius 3 is 2.26 bits per heavy atom. The number of nitrogens with one attached hydrogen (secondary N) is 2. The van der Waals surface area contributed by atoms with Crippen molar-refractivity contribution in [3.63, 3.8) is 0 Å². The second-order valence-corrected chi connectivity index (χ2v) is 6.02. The van der Waals surface area contributed by atoms with Gasteiger partial charge >= 0.3 is 5.97 Å². The molecule has 0 aliphatic carbocycles. The molecule has 0 atom stereocenters. The minimum absolute atomic E-state index is 0.0628. The Balaban J connectivity index is 1.75. The van der Waals surface area contributed by atoms with Crippen LogP contribution >= 0.6 is 23.2 Å². The summed E-state index contributed by atoms with van der Waals surface area (Å²) in [5, 5.41) is 14.8. The first-order chi connectivity index (χ1) is 12.9. The van der Waals surface area contributed by atoms with Gasteiger partial charge in [0.2, 0.25) is 0 Å². The number of carbonyl (C=O) groups excluding carboxylic acids is 1. The van der Waals surface area contributed by atoms with Crippen LogP contribution < -0.4 is 10.6 Å². The normalized spacial score (nSPS) is 10.3. The molecule has 1 aromatic carbocycles. The van der Waals surface area contributed by atoms with Gasteiger partial charge in [0.15, 0.2) is 0 Å². The quantitative estimate of drug-likeness (QED) is 0.591. The molecule has 3 N–H and O–H groups in total. The number of pyridine rings is 1. The van der Waals surface area contributed by atoms with Gasteiger partial charge in [-0.2, -0.15) is 0 Å². The third kappa shape index (κ3) is 4.49. The highest BCUT2D eigenvalue weighted by molar-refractivity contribution is 6.40. The average molecular weight is 404 g/mol. The summed E-state index contributed by atoms with van der Waals surface area (Å²) < 4.78 is 0. The lowest BCUT2D eigenvalue weighted by atomic mass is 10.2. The van der Waals surface area contributed by atoms with Gasteiger partial charge in [-0.1, -0.05) is 29.3 Å². The zero-order valence-electron chi connectivity index (χ0n) is 13.5. The van der Waals surface area contributed by atoms with Crippen molar-refractivity contribution in [1.29, 1.82) is 0 Å². The maximum Gasteiger partial charge on any atom is 0.337 e. The number of hydrogen-bond donors (Lipinski definition) is 3. The summed E-state index contributed by atoms with van der Waals surface area (Å²) in [5.41, 5.74) is 0.202. The van der Waals surface area contributed by atoms with Crippen LogP contribution in [0.3, 0.4) is 0 Å². The molecule has 0 fully saturated rings. The first-order valence-corrected chi connectivity index (χ1v) is 8.23. The van der Waals surface area contributed by atoms with E-state index in [9.17, 15) is 9.59 Å². The number of aromatic carboxylic acids is 1. The number of amides is 1. The third-order valence-electron chi connectivity index (χ3n) is 3.37. The second kappa shape index (κ2) is 7.98. The maximum atomic E-state index is 12.4. The summed E-state index contributed by atoms with van der Waals surface area (Å²) in [6.45, 7) is 0. The van der Waals surface area contributed by atoms with Crippen molar-refractivity contribution in [3.8, 4) is 0 Å². The highest BCUT2D eigenvalue weighted by Gasteiger charge is 2.15. The number of halogens is 2. The highest BCUT2D eigenvalue weighted by atomic mass is 35.5. The van der Waals surface area contributed by atoms with E-state index in [4.69, 9.17) is 28.3 Å². The smallest absolute Gasteiger partial charge is 0.337 e. The molecule has 0 spiro atoms. The molecule has 0 bridgehead atoms. The SMILES string of the molecule is O=C(O)c1ccc(Nc2cc(NC(=O)c3c(Cl)cccc3Cl)ncn2)nc1. The number of carboxylic acid groups (broad SMARTS) is 1. The van der Waals surface area contributed by atoms with Crippen LogP contribution in [-0.2, 0) is 0 Å². The van der Waals surface area contributed by atoms with Gasteiger partial charge in [0.25, 0.3) is 5.91 Å². The van der Waals surface area contributed by atoms with Crippen molar-refractivity contribution in [1.82, 2.24) is 15.0 Å². The van der Waals surface area contributed by atoms with Crippen LogP contribution in [0.5, 0.6) is 0 Å². The maximum absolute atomic E-state index is 12.4. The molecule has 10 heteroatoms. The fourth-order valence-electron chi connectivity index (χ4n) is 2.11. The van der Waals surface area contributed by atoms with E-state index in [1.54, 1.807) is 18.2 Å². The van der Waals surface area contributed by atoms with E-state index in [1.165, 1.54) is 30.7 Å². The number of carboxylic acids is 1. The zero-order valence-corrected chi connectivity index (χ0v) is 15.0. The Bertz CT molecular complexity index is 991. The van der Waals surface area contributed by atoms with Gasteiger partial charge in [-0.3, -0.25) is 4.79 Å². The van der Waals surface area contributed by atoms with Crippen molar-refractivity contribution >= 4 is 52.5 Å². The number of nitrogens with zero attached hydrogens (tertiary/aromatic N) is 3. The van der Waals surface area contributed by atoms with Gasteiger partial charge < -0.3 is 15.7 Å². The second-order valence-electron chi connectivity index (χ2n) is 5.20. The van der Waals surface area contributed by atoms with E-state index >= 15 is 0 Å². The van der Waals surface area contributed by atoms with Gasteiger partial charge in [-0.15, -0.1) is 0 Å². The molecule has 27 heavy (non-hydrogen) atoms. The fraction of sp³-hybridized carbons (Fsp3) is 0. The van der Waals surface area contributed by atoms with Crippen LogP contribution in [0.25, 0.3) is 0 Å². The van der Waals surface area contributed by atoms with Crippen molar-refractivity contribution in [2.24, 2.45) is 0 Å². The molecular weight excluding hydrogens is 393 g/mol. The molecule has 0 aliphatic heterocycles. The Kier molecular flexibility index (Phi) is 5.49. The molecular formula is C17H11Cl2N5O3. The van der Waals surface area contributed by atoms with E-state index in [-0.39, 0.29) is 27.0 Å². The van der Waals surface area contributed by atoms with E-state index in [2.05, 4.69) is 25.6 Å². The summed E-state index contributed by atoms with van der Waals surface area (Å²) >= 11 is 12.0. The van der Waals surface area contributed by atoms with Gasteiger partial charge in [0, 0.05) is 12.3 Å². The van der Waals surface area contributed by atoms with Crippen LogP contribution in [0, 0.1) is 0 Å². The van der Waals surface area contributed by atoms with Gasteiger partial charge in [-0.25, -0.2) is 19.7 Å². The topological polar surface area (TPSA) is 117 Å². The van der Waals surface area contributed by atoms with Crippen LogP contribution in [0.4, 0.5) is 17.5 Å². The molecule has 0 unspecified atom stereocenters. The average Bonchev–Trinajstić information content (AvgIpc) is 2.62. The molecule has 3 aromatic rings. The van der Waals surface area contributed by atoms with Crippen molar-refractivity contribution < 1.29 is 14.7 Å². The summed E-state index contributed by atoms with van der Waals surface area (Å²) in [6.07, 6.45) is 2.46. The summed E-state index contributed by atoms with van der Waals surface area (Å²) in [4.78, 5) is 35.2. The number of rotatable bonds is 5. The summed E-state index contributed by atoms with van der Waals surface area (Å²) in [7, 11) is 0. The van der Waals surface area contributed by atoms with Crippen LogP contribution in [0.2, 0.25) is 10.0 Å². The predicted octanol–water partition coefficient (Wildman–Crippen LogP) is 3.87. The van der Waals surface area contributed by atoms with Gasteiger partial charge in [0.1, 0.15) is 23.8 Å². The zero-order chi connectivity index (χ0) is 19.4. The molecule has 136 valence electrons. The van der Waals surface area contributed by atoms with E-state index in [0.29, 0.717) is 11.6 Å². The molecule has 0 saturated heterocycles. The predicted molar refractivity (Wildman–Crippen MR) is 101 cm³/mol. The number of benzene rings is 1. The number of carbonyl (C=O) groups is 2. The first kappa shape index (κ1) is 18.6. The van der Waals surface area contributed by atoms with Crippen molar-refractivity contribution in [3.05, 3.63) is 70.1 Å². The monoisotopic (exact) mass is 403 g/mol. The Morgan fingerprint density at radius 2 is 1.63 bits per heavy atom. The lowest BCUT2D eigenvalue weighted by molar-refractivity contribution is 0.0696. The molecule has 2 aromatic heterocycles. The van der Waals surface area contributed by atoms with Crippen LogP contribution in [-0.4, -0.2) is 31.9 Å². The summed E-state index contributed by atoms with van der Waals surface area (Å²) in [5.74, 6) is -0.639. The molecule has 3 rings (SSSR count). The summed E-state index contributed by atoms with van der Waals surface area (Å²) in [6, 6.07) is 9.13. The van der Waals surface area contributed by atoms with Gasteiger partial charge in [0.05, 0.1) is 21.2 Å². The molecule has 0 aliphatic rings. The lowest BCUT2D eigenvalue weighted by Gasteiger charge is -2.09. The fourth-order valence-corrected chi connectivity index (χ4v) is 2.68. The minimum Gasteiger partial charge on any atom is -0.478 e. The molecule has 0 radical (unpaired) electrons. The lowest BCUT2D eigenvalue weighted by Crippen LogP contribution is -2.14. The Morgan fingerprint density at radius 1 is 0.926 bits per heavy atom. The van der Waals surface area contributed by atoms with Crippen molar-refractivity contribution in [2.45, 2.75) is 0 Å². The molecule has 8 nitrogen and oxygen atoms in total. The van der Waals surface area contributed by atoms with E-state index < -0.39 is 11.9 Å². The first-order valence-electron chi connectivity index (χ1n) is 7.48. The molecule has 0 saturated carbocycles. The largest absolute Gasteiger partial charge is 0.478 e. The van der Waals surface area contributed by atoms with E-state index in [1.807, 2.05) is 0 Å². The number of aromatic nitrogens is 3. The molecule has 2 heterocycles. The minimum atomic E-state index is -1.07. The van der Waals surface area contributed by atoms with Crippen LogP contribution in [0.15, 0.2) is 48.9 Å². The number of anilines is 3. The van der Waals surface area contributed by atoms with Gasteiger partial charge in [-0.05, 0) is 24.3 Å². The Hall–Kier alpha value is -3.23. The molecule has 1 amide bonds. The number of hydrogen-bond acceptors (Lipinski definition) is 6. The third-order valence-corrected chi connectivity index (χ3v) is 4.00. The van der Waals surface area contributed by atoms with Crippen LogP contribution in [0.1, 0.15) is 20.7 Å². The standard InChI is InChI=1S/C17H11Cl2N5O3/c18-10-2-1-3-11(19)15(10)16(25)24-14-6-13(21-8-22-14)23-12-5-4-9(7-20-12)17(26)27/h1-8H,(H,26,27)(H2,20,21,22,23,24,25). The van der Waals surface area contributed by atoms with E-state index in [0.717, 1.165) is 0 Å². The van der Waals surface area contributed by atoms with Crippen molar-refractivity contribution in [2.75, 3.05) is 10.6 Å².